The Balaban J connectivity index is 2.23. The smallest absolute Gasteiger partial charge is 0.307 e. The highest BCUT2D eigenvalue weighted by Gasteiger charge is 2.31. The molecule has 0 spiro atoms. The van der Waals surface area contributed by atoms with Crippen LogP contribution in [-0.2, 0) is 4.79 Å². The van der Waals surface area contributed by atoms with Crippen LogP contribution in [0, 0.1) is 12.8 Å². The minimum Gasteiger partial charge on any atom is -0.481 e. The number of hydrogen-bond acceptors (Lipinski definition) is 1. The zero-order valence-electron chi connectivity index (χ0n) is 9.65. The van der Waals surface area contributed by atoms with E-state index in [1.54, 1.807) is 0 Å². The first-order chi connectivity index (χ1) is 7.68. The molecule has 86 valence electrons. The fourth-order valence-corrected chi connectivity index (χ4v) is 2.64. The molecular weight excluding hydrogens is 200 g/mol. The summed E-state index contributed by atoms with van der Waals surface area (Å²) in [5, 5.41) is 9.22. The third-order valence-electron chi connectivity index (χ3n) is 3.59. The van der Waals surface area contributed by atoms with Crippen molar-refractivity contribution in [3.05, 3.63) is 35.4 Å². The minimum absolute atomic E-state index is 0.184. The van der Waals surface area contributed by atoms with Gasteiger partial charge in [-0.2, -0.15) is 0 Å². The number of carboxylic acid groups (broad SMARTS) is 1. The van der Waals surface area contributed by atoms with Crippen molar-refractivity contribution in [3.8, 4) is 0 Å². The largest absolute Gasteiger partial charge is 0.481 e. The molecule has 1 aromatic rings. The lowest BCUT2D eigenvalue weighted by Crippen LogP contribution is -2.25. The monoisotopic (exact) mass is 218 g/mol. The second-order valence-electron chi connectivity index (χ2n) is 4.75. The number of aryl methyl sites for hydroxylation is 1. The van der Waals surface area contributed by atoms with Crippen molar-refractivity contribution in [3.63, 3.8) is 0 Å². The summed E-state index contributed by atoms with van der Waals surface area (Å²) in [6, 6.07) is 8.31. The lowest BCUT2D eigenvalue weighted by molar-refractivity contribution is -0.143. The van der Waals surface area contributed by atoms with E-state index in [0.717, 1.165) is 25.7 Å². The minimum atomic E-state index is -0.634. The summed E-state index contributed by atoms with van der Waals surface area (Å²) >= 11 is 0. The Morgan fingerprint density at radius 1 is 1.19 bits per heavy atom. The molecule has 2 rings (SSSR count). The van der Waals surface area contributed by atoms with Gasteiger partial charge in [0.25, 0.3) is 0 Å². The summed E-state index contributed by atoms with van der Waals surface area (Å²) in [6.45, 7) is 2.05. The molecule has 2 heteroatoms. The molecule has 1 saturated carbocycles. The average Bonchev–Trinajstić information content (AvgIpc) is 2.30. The van der Waals surface area contributed by atoms with Crippen LogP contribution < -0.4 is 0 Å². The fourth-order valence-electron chi connectivity index (χ4n) is 2.64. The van der Waals surface area contributed by atoms with Gasteiger partial charge >= 0.3 is 5.97 Å². The van der Waals surface area contributed by atoms with Crippen LogP contribution >= 0.6 is 0 Å². The van der Waals surface area contributed by atoms with Crippen LogP contribution in [0.5, 0.6) is 0 Å². The van der Waals surface area contributed by atoms with Gasteiger partial charge in [-0.15, -0.1) is 0 Å². The summed E-state index contributed by atoms with van der Waals surface area (Å²) in [5.74, 6) is -0.603. The van der Waals surface area contributed by atoms with Crippen LogP contribution in [0.3, 0.4) is 0 Å². The molecular formula is C14H18O2. The number of benzene rings is 1. The molecule has 1 aromatic carbocycles. The van der Waals surface area contributed by atoms with Crippen LogP contribution in [0.1, 0.15) is 42.7 Å². The van der Waals surface area contributed by atoms with E-state index >= 15 is 0 Å². The molecule has 1 aliphatic rings. The quantitative estimate of drug-likeness (QED) is 0.826. The summed E-state index contributed by atoms with van der Waals surface area (Å²) < 4.78 is 0. The van der Waals surface area contributed by atoms with E-state index in [2.05, 4.69) is 31.2 Å². The molecule has 0 bridgehead atoms. The van der Waals surface area contributed by atoms with Gasteiger partial charge < -0.3 is 5.11 Å². The van der Waals surface area contributed by atoms with E-state index in [4.69, 9.17) is 0 Å². The molecule has 2 unspecified atom stereocenters. The highest BCUT2D eigenvalue weighted by Crippen LogP contribution is 2.37. The third kappa shape index (κ3) is 2.26. The molecule has 1 N–H and O–H groups in total. The van der Waals surface area contributed by atoms with Crippen molar-refractivity contribution in [1.82, 2.24) is 0 Å². The van der Waals surface area contributed by atoms with Gasteiger partial charge in [0.15, 0.2) is 0 Å². The normalized spacial score (nSPS) is 25.3. The van der Waals surface area contributed by atoms with Gasteiger partial charge in [-0.05, 0) is 31.2 Å². The van der Waals surface area contributed by atoms with E-state index < -0.39 is 5.97 Å². The van der Waals surface area contributed by atoms with Gasteiger partial charge in [-0.1, -0.05) is 42.7 Å². The van der Waals surface area contributed by atoms with Crippen LogP contribution in [0.25, 0.3) is 0 Å². The Kier molecular flexibility index (Phi) is 3.28. The average molecular weight is 218 g/mol. The number of rotatable bonds is 2. The highest BCUT2D eigenvalue weighted by atomic mass is 16.4. The molecule has 0 amide bonds. The maximum atomic E-state index is 11.2. The summed E-state index contributed by atoms with van der Waals surface area (Å²) in [4.78, 5) is 11.2. The molecule has 0 saturated heterocycles. The maximum absolute atomic E-state index is 11.2. The lowest BCUT2D eigenvalue weighted by Gasteiger charge is -2.28. The Hall–Kier alpha value is -1.31. The van der Waals surface area contributed by atoms with Gasteiger partial charge in [-0.3, -0.25) is 4.79 Å². The fraction of sp³-hybridized carbons (Fsp3) is 0.500. The van der Waals surface area contributed by atoms with Crippen molar-refractivity contribution in [2.45, 2.75) is 38.5 Å². The lowest BCUT2D eigenvalue weighted by atomic mass is 9.75. The van der Waals surface area contributed by atoms with Crippen molar-refractivity contribution in [2.24, 2.45) is 5.92 Å². The SMILES string of the molecule is Cc1ccc(C2CCCCC2C(=O)O)cc1. The Labute approximate surface area is 96.3 Å². The van der Waals surface area contributed by atoms with Crippen molar-refractivity contribution in [2.75, 3.05) is 0 Å². The number of hydrogen-bond donors (Lipinski definition) is 1. The van der Waals surface area contributed by atoms with Gasteiger partial charge in [0.05, 0.1) is 5.92 Å². The molecule has 2 nitrogen and oxygen atoms in total. The number of carboxylic acids is 1. The Morgan fingerprint density at radius 2 is 1.81 bits per heavy atom. The van der Waals surface area contributed by atoms with Crippen molar-refractivity contribution >= 4 is 5.97 Å². The topological polar surface area (TPSA) is 37.3 Å². The second-order valence-corrected chi connectivity index (χ2v) is 4.75. The molecule has 16 heavy (non-hydrogen) atoms. The molecule has 1 aliphatic carbocycles. The summed E-state index contributed by atoms with van der Waals surface area (Å²) in [6.07, 6.45) is 4.05. The third-order valence-corrected chi connectivity index (χ3v) is 3.59. The van der Waals surface area contributed by atoms with Gasteiger partial charge in [0.1, 0.15) is 0 Å². The number of aliphatic carboxylic acids is 1. The van der Waals surface area contributed by atoms with Crippen molar-refractivity contribution < 1.29 is 9.90 Å². The van der Waals surface area contributed by atoms with Gasteiger partial charge in [0, 0.05) is 0 Å². The predicted molar refractivity (Wildman–Crippen MR) is 63.5 cm³/mol. The van der Waals surface area contributed by atoms with Gasteiger partial charge in [0.2, 0.25) is 0 Å². The molecule has 0 radical (unpaired) electrons. The van der Waals surface area contributed by atoms with Gasteiger partial charge in [-0.25, -0.2) is 0 Å². The summed E-state index contributed by atoms with van der Waals surface area (Å²) in [5.41, 5.74) is 2.42. The van der Waals surface area contributed by atoms with E-state index in [1.807, 2.05) is 0 Å². The van der Waals surface area contributed by atoms with Crippen LogP contribution in [-0.4, -0.2) is 11.1 Å². The first-order valence-electron chi connectivity index (χ1n) is 5.98. The van der Waals surface area contributed by atoms with E-state index in [-0.39, 0.29) is 11.8 Å². The molecule has 1 fully saturated rings. The maximum Gasteiger partial charge on any atom is 0.307 e. The van der Waals surface area contributed by atoms with Crippen LogP contribution in [0.2, 0.25) is 0 Å². The van der Waals surface area contributed by atoms with Crippen LogP contribution in [0.15, 0.2) is 24.3 Å². The van der Waals surface area contributed by atoms with E-state index in [1.165, 1.54) is 11.1 Å². The highest BCUT2D eigenvalue weighted by molar-refractivity contribution is 5.71. The second kappa shape index (κ2) is 4.69. The van der Waals surface area contributed by atoms with Crippen LogP contribution in [0.4, 0.5) is 0 Å². The molecule has 0 aromatic heterocycles. The first-order valence-corrected chi connectivity index (χ1v) is 5.98. The zero-order valence-corrected chi connectivity index (χ0v) is 9.65. The Bertz CT molecular complexity index is 367. The summed E-state index contributed by atoms with van der Waals surface area (Å²) in [7, 11) is 0. The Morgan fingerprint density at radius 3 is 2.44 bits per heavy atom. The molecule has 0 heterocycles. The standard InChI is InChI=1S/C14H18O2/c1-10-6-8-11(9-7-10)12-4-2-3-5-13(12)14(15)16/h6-9,12-13H,2-5H2,1H3,(H,15,16). The first kappa shape index (κ1) is 11.2. The van der Waals surface area contributed by atoms with E-state index in [9.17, 15) is 9.90 Å². The zero-order chi connectivity index (χ0) is 11.5. The van der Waals surface area contributed by atoms with E-state index in [0.29, 0.717) is 0 Å². The predicted octanol–water partition coefficient (Wildman–Crippen LogP) is 3.35. The molecule has 0 aliphatic heterocycles. The van der Waals surface area contributed by atoms with Crippen molar-refractivity contribution in [1.29, 1.82) is 0 Å². The number of carbonyl (C=O) groups is 1. The molecule has 2 atom stereocenters.